The van der Waals surface area contributed by atoms with Gasteiger partial charge in [-0.05, 0) is 29.3 Å². The summed E-state index contributed by atoms with van der Waals surface area (Å²) in [5.41, 5.74) is 2.18. The first-order valence-corrected chi connectivity index (χ1v) is 8.70. The summed E-state index contributed by atoms with van der Waals surface area (Å²) in [5, 5.41) is 2.87. The van der Waals surface area contributed by atoms with Gasteiger partial charge in [0.05, 0.1) is 0 Å². The molecule has 1 unspecified atom stereocenters. The van der Waals surface area contributed by atoms with Crippen LogP contribution in [0.2, 0.25) is 0 Å². The molecule has 0 saturated carbocycles. The molecule has 27 heavy (non-hydrogen) atoms. The van der Waals surface area contributed by atoms with E-state index in [1.165, 1.54) is 0 Å². The van der Waals surface area contributed by atoms with Gasteiger partial charge in [-0.25, -0.2) is 0 Å². The maximum atomic E-state index is 13.1. The fourth-order valence-electron chi connectivity index (χ4n) is 2.80. The van der Waals surface area contributed by atoms with Gasteiger partial charge in [0.2, 0.25) is 5.91 Å². The van der Waals surface area contributed by atoms with Crippen molar-refractivity contribution in [3.8, 4) is 0 Å². The monoisotopic (exact) mass is 359 g/mol. The summed E-state index contributed by atoms with van der Waals surface area (Å²) in [7, 11) is 1.72. The molecule has 2 amide bonds. The van der Waals surface area contributed by atoms with Crippen LogP contribution < -0.4 is 5.32 Å². The summed E-state index contributed by atoms with van der Waals surface area (Å²) in [4.78, 5) is 31.4. The van der Waals surface area contributed by atoms with E-state index < -0.39 is 6.04 Å². The molecule has 3 rings (SSSR count). The first-order valence-electron chi connectivity index (χ1n) is 8.70. The van der Waals surface area contributed by atoms with Crippen LogP contribution in [0.15, 0.2) is 85.2 Å². The summed E-state index contributed by atoms with van der Waals surface area (Å²) < 4.78 is 0. The van der Waals surface area contributed by atoms with Gasteiger partial charge in [-0.1, -0.05) is 54.6 Å². The first-order chi connectivity index (χ1) is 13.1. The van der Waals surface area contributed by atoms with Gasteiger partial charge in [-0.3, -0.25) is 14.6 Å². The van der Waals surface area contributed by atoms with Gasteiger partial charge in [0.15, 0.2) is 0 Å². The number of nitrogens with one attached hydrogen (secondary N) is 1. The molecule has 0 aliphatic rings. The molecule has 1 N–H and O–H groups in total. The van der Waals surface area contributed by atoms with Crippen molar-refractivity contribution in [2.45, 2.75) is 12.6 Å². The van der Waals surface area contributed by atoms with Crippen LogP contribution in [0.1, 0.15) is 27.5 Å². The number of benzene rings is 2. The quantitative estimate of drug-likeness (QED) is 0.735. The number of rotatable bonds is 6. The van der Waals surface area contributed by atoms with E-state index in [2.05, 4.69) is 10.3 Å². The summed E-state index contributed by atoms with van der Waals surface area (Å²) in [5.74, 6) is -0.470. The maximum Gasteiger partial charge on any atom is 0.252 e. The van der Waals surface area contributed by atoms with Crippen LogP contribution in [0.5, 0.6) is 0 Å². The van der Waals surface area contributed by atoms with Crippen molar-refractivity contribution in [2.24, 2.45) is 0 Å². The third kappa shape index (κ3) is 4.79. The van der Waals surface area contributed by atoms with Gasteiger partial charge < -0.3 is 10.2 Å². The normalized spacial score (nSPS) is 11.4. The summed E-state index contributed by atoms with van der Waals surface area (Å²) in [6.45, 7) is 0.414. The zero-order chi connectivity index (χ0) is 19.1. The number of carbonyl (C=O) groups is 2. The molecule has 3 aromatic rings. The number of hydrogen-bond donors (Lipinski definition) is 1. The maximum absolute atomic E-state index is 13.1. The van der Waals surface area contributed by atoms with Crippen LogP contribution in [0, 0.1) is 0 Å². The fraction of sp³-hybridized carbons (Fsp3) is 0.136. The van der Waals surface area contributed by atoms with Crippen molar-refractivity contribution in [2.75, 3.05) is 7.05 Å². The molecule has 1 heterocycles. The smallest absolute Gasteiger partial charge is 0.252 e. The second kappa shape index (κ2) is 8.76. The van der Waals surface area contributed by atoms with Crippen LogP contribution in [-0.2, 0) is 11.3 Å². The molecule has 0 aliphatic heterocycles. The Kier molecular flexibility index (Phi) is 5.94. The summed E-state index contributed by atoms with van der Waals surface area (Å²) >= 11 is 0. The Balaban J connectivity index is 1.81. The number of pyridine rings is 1. The Morgan fingerprint density at radius 1 is 0.963 bits per heavy atom. The van der Waals surface area contributed by atoms with Crippen LogP contribution >= 0.6 is 0 Å². The van der Waals surface area contributed by atoms with Gasteiger partial charge in [0.1, 0.15) is 6.04 Å². The lowest BCUT2D eigenvalue weighted by molar-refractivity contribution is -0.132. The lowest BCUT2D eigenvalue weighted by atomic mass is 10.0. The van der Waals surface area contributed by atoms with Crippen LogP contribution in [0.3, 0.4) is 0 Å². The first kappa shape index (κ1) is 18.3. The molecule has 0 saturated heterocycles. The van der Waals surface area contributed by atoms with E-state index in [9.17, 15) is 9.59 Å². The second-order valence-electron chi connectivity index (χ2n) is 6.24. The third-order valence-electron chi connectivity index (χ3n) is 4.21. The largest absolute Gasteiger partial charge is 0.339 e. The molecular weight excluding hydrogens is 338 g/mol. The molecule has 5 nitrogen and oxygen atoms in total. The molecule has 0 bridgehead atoms. The highest BCUT2D eigenvalue weighted by Crippen LogP contribution is 2.17. The SMILES string of the molecule is CN(Cc1cccnc1)C(=O)C(NC(=O)c1ccccc1)c1ccccc1. The fourth-order valence-corrected chi connectivity index (χ4v) is 2.80. The zero-order valence-electron chi connectivity index (χ0n) is 15.1. The molecule has 0 spiro atoms. The number of likely N-dealkylation sites (N-methyl/N-ethyl adjacent to an activating group) is 1. The minimum Gasteiger partial charge on any atom is -0.339 e. The van der Waals surface area contributed by atoms with Crippen molar-refractivity contribution < 1.29 is 9.59 Å². The van der Waals surface area contributed by atoms with Crippen molar-refractivity contribution in [3.63, 3.8) is 0 Å². The Morgan fingerprint density at radius 3 is 2.26 bits per heavy atom. The number of nitrogens with zero attached hydrogens (tertiary/aromatic N) is 2. The van der Waals surface area contributed by atoms with Gasteiger partial charge >= 0.3 is 0 Å². The Labute approximate surface area is 158 Å². The molecule has 0 radical (unpaired) electrons. The highest BCUT2D eigenvalue weighted by atomic mass is 16.2. The number of carbonyl (C=O) groups excluding carboxylic acids is 2. The van der Waals surface area contributed by atoms with Crippen molar-refractivity contribution in [1.29, 1.82) is 0 Å². The van der Waals surface area contributed by atoms with Crippen LogP contribution in [0.25, 0.3) is 0 Å². The number of amides is 2. The molecule has 5 heteroatoms. The van der Waals surface area contributed by atoms with Gasteiger partial charge in [-0.2, -0.15) is 0 Å². The molecular formula is C22H21N3O2. The average molecular weight is 359 g/mol. The predicted octanol–water partition coefficient (Wildman–Crippen LogP) is 3.21. The van der Waals surface area contributed by atoms with Crippen molar-refractivity contribution in [1.82, 2.24) is 15.2 Å². The molecule has 0 aliphatic carbocycles. The number of hydrogen-bond acceptors (Lipinski definition) is 3. The molecule has 0 fully saturated rings. The van der Waals surface area contributed by atoms with Crippen LogP contribution in [0.4, 0.5) is 0 Å². The third-order valence-corrected chi connectivity index (χ3v) is 4.21. The zero-order valence-corrected chi connectivity index (χ0v) is 15.1. The highest BCUT2D eigenvalue weighted by Gasteiger charge is 2.26. The Morgan fingerprint density at radius 2 is 1.63 bits per heavy atom. The van der Waals surface area contributed by atoms with Gasteiger partial charge in [0.25, 0.3) is 5.91 Å². The van der Waals surface area contributed by atoms with E-state index >= 15 is 0 Å². The van der Waals surface area contributed by atoms with E-state index in [1.54, 1.807) is 48.6 Å². The van der Waals surface area contributed by atoms with E-state index in [0.717, 1.165) is 11.1 Å². The van der Waals surface area contributed by atoms with Crippen LogP contribution in [-0.4, -0.2) is 28.7 Å². The van der Waals surface area contributed by atoms with Crippen molar-refractivity contribution in [3.05, 3.63) is 102 Å². The second-order valence-corrected chi connectivity index (χ2v) is 6.24. The molecule has 1 aromatic heterocycles. The highest BCUT2D eigenvalue weighted by molar-refractivity contribution is 5.97. The molecule has 1 atom stereocenters. The Hall–Kier alpha value is -3.47. The summed E-state index contributed by atoms with van der Waals surface area (Å²) in [6.07, 6.45) is 3.42. The van der Waals surface area contributed by atoms with E-state index in [-0.39, 0.29) is 11.8 Å². The minimum atomic E-state index is -0.763. The molecule has 136 valence electrons. The average Bonchev–Trinajstić information content (AvgIpc) is 2.73. The number of aromatic nitrogens is 1. The lowest BCUT2D eigenvalue weighted by Gasteiger charge is -2.25. The predicted molar refractivity (Wildman–Crippen MR) is 104 cm³/mol. The topological polar surface area (TPSA) is 62.3 Å². The van der Waals surface area contributed by atoms with E-state index in [1.807, 2.05) is 48.5 Å². The summed E-state index contributed by atoms with van der Waals surface area (Å²) in [6, 6.07) is 21.1. The Bertz CT molecular complexity index is 883. The minimum absolute atomic E-state index is 0.186. The van der Waals surface area contributed by atoms with Gasteiger partial charge in [0, 0.05) is 31.5 Å². The van der Waals surface area contributed by atoms with E-state index in [4.69, 9.17) is 0 Å². The lowest BCUT2D eigenvalue weighted by Crippen LogP contribution is -2.41. The van der Waals surface area contributed by atoms with Crippen molar-refractivity contribution >= 4 is 11.8 Å². The van der Waals surface area contributed by atoms with E-state index in [0.29, 0.717) is 12.1 Å². The van der Waals surface area contributed by atoms with Gasteiger partial charge in [-0.15, -0.1) is 0 Å². The molecule has 2 aromatic carbocycles. The standard InChI is InChI=1S/C22H21N3O2/c1-25(16-17-9-8-14-23-15-17)22(27)20(18-10-4-2-5-11-18)24-21(26)19-12-6-3-7-13-19/h2-15,20H,16H2,1H3,(H,24,26).